The second-order valence-corrected chi connectivity index (χ2v) is 13.8. The smallest absolute Gasteiger partial charge is 0.186 e. The highest BCUT2D eigenvalue weighted by atomic mass is 16.3. The Balaban J connectivity index is 0.988. The fraction of sp³-hybridized carbons (Fsp3) is 0.0417. The largest absolute Gasteiger partial charge is 0.454 e. The van der Waals surface area contributed by atoms with Crippen LogP contribution in [0.5, 0.6) is 0 Å². The number of pyridine rings is 1. The molecule has 254 valence electrons. The number of aromatic nitrogens is 4. The topological polar surface area (TPSA) is 67.9 Å². The molecular weight excluding hydrogens is 663 g/mol. The highest BCUT2D eigenvalue weighted by Gasteiger charge is 2.38. The maximum Gasteiger partial charge on any atom is 0.186 e. The van der Waals surface area contributed by atoms with E-state index in [0.717, 1.165) is 38.6 Å². The van der Waals surface area contributed by atoms with Crippen LogP contribution < -0.4 is 4.90 Å². The fourth-order valence-corrected chi connectivity index (χ4v) is 8.22. The van der Waals surface area contributed by atoms with E-state index in [1.807, 2.05) is 54.6 Å². The Morgan fingerprint density at radius 1 is 0.519 bits per heavy atom. The van der Waals surface area contributed by atoms with Crippen LogP contribution in [0.3, 0.4) is 0 Å². The highest BCUT2D eigenvalue weighted by Crippen LogP contribution is 2.50. The van der Waals surface area contributed by atoms with Gasteiger partial charge in [-0.3, -0.25) is 0 Å². The second kappa shape index (κ2) is 12.2. The van der Waals surface area contributed by atoms with E-state index in [1.165, 1.54) is 27.7 Å². The molecule has 0 saturated heterocycles. The van der Waals surface area contributed by atoms with Crippen LogP contribution in [0.1, 0.15) is 11.5 Å². The van der Waals surface area contributed by atoms with Crippen molar-refractivity contribution >= 4 is 44.1 Å². The van der Waals surface area contributed by atoms with E-state index in [-0.39, 0.29) is 6.04 Å². The fourth-order valence-electron chi connectivity index (χ4n) is 8.22. The number of hydrogen-bond donors (Lipinski definition) is 0. The molecule has 0 N–H and O–H groups in total. The number of hydrogen-bond acceptors (Lipinski definition) is 6. The predicted molar refractivity (Wildman–Crippen MR) is 218 cm³/mol. The maximum absolute atomic E-state index is 6.35. The molecule has 54 heavy (non-hydrogen) atoms. The Kier molecular flexibility index (Phi) is 6.89. The molecule has 0 spiro atoms. The molecule has 6 aromatic carbocycles. The first-order valence-corrected chi connectivity index (χ1v) is 18.2. The molecule has 0 amide bonds. The number of rotatable bonds is 5. The van der Waals surface area contributed by atoms with E-state index < -0.39 is 0 Å². The molecule has 11 rings (SSSR count). The van der Waals surface area contributed by atoms with Gasteiger partial charge in [0, 0.05) is 45.4 Å². The molecule has 4 heterocycles. The summed E-state index contributed by atoms with van der Waals surface area (Å²) in [5, 5.41) is 4.60. The zero-order chi connectivity index (χ0) is 35.6. The summed E-state index contributed by atoms with van der Waals surface area (Å²) in [5.41, 5.74) is 9.84. The average molecular weight is 694 g/mol. The summed E-state index contributed by atoms with van der Waals surface area (Å²) in [5.74, 6) is 1.90. The molecule has 2 atom stereocenters. The van der Waals surface area contributed by atoms with E-state index in [0.29, 0.717) is 34.7 Å². The summed E-state index contributed by atoms with van der Waals surface area (Å²) >= 11 is 0. The van der Waals surface area contributed by atoms with Crippen LogP contribution in [0.15, 0.2) is 181 Å². The lowest BCUT2D eigenvalue weighted by Gasteiger charge is -2.28. The van der Waals surface area contributed by atoms with Crippen LogP contribution in [-0.2, 0) is 0 Å². The Morgan fingerprint density at radius 3 is 2.13 bits per heavy atom. The monoisotopic (exact) mass is 693 g/mol. The molecule has 0 bridgehead atoms. The maximum atomic E-state index is 6.35. The third-order valence-corrected chi connectivity index (χ3v) is 10.7. The van der Waals surface area contributed by atoms with Crippen LogP contribution in [0, 0.1) is 0 Å². The number of furan rings is 1. The summed E-state index contributed by atoms with van der Waals surface area (Å²) in [6, 6.07) is 50.8. The first-order valence-electron chi connectivity index (χ1n) is 18.2. The number of fused-ring (bicyclic) bond motifs is 8. The van der Waals surface area contributed by atoms with Crippen LogP contribution >= 0.6 is 0 Å². The summed E-state index contributed by atoms with van der Waals surface area (Å²) in [6.45, 7) is 0. The van der Waals surface area contributed by atoms with Crippen LogP contribution in [0.2, 0.25) is 0 Å². The molecule has 2 unspecified atom stereocenters. The van der Waals surface area contributed by atoms with Gasteiger partial charge in [-0.15, -0.1) is 0 Å². The zero-order valence-electron chi connectivity index (χ0n) is 29.0. The predicted octanol–water partition coefficient (Wildman–Crippen LogP) is 11.7. The van der Waals surface area contributed by atoms with Crippen molar-refractivity contribution in [2.45, 2.75) is 12.0 Å². The van der Waals surface area contributed by atoms with Gasteiger partial charge in [0.25, 0.3) is 0 Å². The molecule has 1 aliphatic carbocycles. The number of benzene rings is 6. The van der Waals surface area contributed by atoms with E-state index in [9.17, 15) is 0 Å². The molecule has 9 aromatic rings. The first kappa shape index (κ1) is 30.4. The van der Waals surface area contributed by atoms with Crippen molar-refractivity contribution in [1.29, 1.82) is 0 Å². The summed E-state index contributed by atoms with van der Waals surface area (Å²) in [6.07, 6.45) is 10.8. The highest BCUT2D eigenvalue weighted by molar-refractivity contribution is 6.08. The van der Waals surface area contributed by atoms with Crippen molar-refractivity contribution in [3.63, 3.8) is 0 Å². The van der Waals surface area contributed by atoms with Gasteiger partial charge < -0.3 is 9.32 Å². The Labute approximate surface area is 311 Å². The molecule has 0 saturated carbocycles. The van der Waals surface area contributed by atoms with Gasteiger partial charge in [-0.05, 0) is 63.9 Å². The van der Waals surface area contributed by atoms with Crippen molar-refractivity contribution < 1.29 is 4.42 Å². The van der Waals surface area contributed by atoms with Crippen molar-refractivity contribution in [3.05, 3.63) is 182 Å². The van der Waals surface area contributed by atoms with Gasteiger partial charge in [0.1, 0.15) is 5.58 Å². The SMILES string of the molecule is C1=CC2c3c(ccc4ccccc34)N(c3ccc(-c4cccc(-c5nc(-c6ccccc6)nc(-c6nccc7c6oc6ccccc67)n5)c4)cc3)C2C=C1. The molecule has 1 aliphatic heterocycles. The minimum absolute atomic E-state index is 0.224. The Hall–Kier alpha value is -7.18. The molecule has 6 heteroatoms. The average Bonchev–Trinajstić information content (AvgIpc) is 3.80. The van der Waals surface area contributed by atoms with Gasteiger partial charge in [0.05, 0.1) is 6.04 Å². The van der Waals surface area contributed by atoms with Crippen LogP contribution in [0.25, 0.3) is 78.1 Å². The van der Waals surface area contributed by atoms with Gasteiger partial charge in [0.15, 0.2) is 28.8 Å². The van der Waals surface area contributed by atoms with Gasteiger partial charge >= 0.3 is 0 Å². The van der Waals surface area contributed by atoms with Gasteiger partial charge in [-0.1, -0.05) is 133 Å². The van der Waals surface area contributed by atoms with Gasteiger partial charge in [0.2, 0.25) is 0 Å². The summed E-state index contributed by atoms with van der Waals surface area (Å²) in [4.78, 5) is 22.2. The summed E-state index contributed by atoms with van der Waals surface area (Å²) < 4.78 is 6.35. The van der Waals surface area contributed by atoms with Gasteiger partial charge in [-0.2, -0.15) is 0 Å². The number of nitrogens with zero attached hydrogens (tertiary/aromatic N) is 5. The van der Waals surface area contributed by atoms with E-state index in [2.05, 4.69) is 120 Å². The van der Waals surface area contributed by atoms with Crippen molar-refractivity contribution in [2.75, 3.05) is 4.90 Å². The van der Waals surface area contributed by atoms with Crippen LogP contribution in [0.4, 0.5) is 11.4 Å². The Morgan fingerprint density at radius 2 is 1.24 bits per heavy atom. The minimum Gasteiger partial charge on any atom is -0.454 e. The quantitative estimate of drug-likeness (QED) is 0.179. The van der Waals surface area contributed by atoms with E-state index >= 15 is 0 Å². The molecule has 0 fully saturated rings. The lowest BCUT2D eigenvalue weighted by molar-refractivity contribution is 0.667. The third-order valence-electron chi connectivity index (χ3n) is 10.7. The van der Waals surface area contributed by atoms with E-state index in [4.69, 9.17) is 24.4 Å². The lowest BCUT2D eigenvalue weighted by Crippen LogP contribution is -2.28. The molecular formula is C48H31N5O. The first-order chi connectivity index (χ1) is 26.8. The molecule has 3 aromatic heterocycles. The number of allylic oxidation sites excluding steroid dienone is 2. The van der Waals surface area contributed by atoms with Crippen molar-refractivity contribution in [1.82, 2.24) is 19.9 Å². The van der Waals surface area contributed by atoms with E-state index in [1.54, 1.807) is 6.20 Å². The van der Waals surface area contributed by atoms with Gasteiger partial charge in [-0.25, -0.2) is 19.9 Å². The van der Waals surface area contributed by atoms with Crippen LogP contribution in [-0.4, -0.2) is 26.0 Å². The second-order valence-electron chi connectivity index (χ2n) is 13.8. The molecule has 2 aliphatic rings. The molecule has 0 radical (unpaired) electrons. The minimum atomic E-state index is 0.224. The Bertz CT molecular complexity index is 2960. The number of para-hydroxylation sites is 1. The molecule has 6 nitrogen and oxygen atoms in total. The van der Waals surface area contributed by atoms with Crippen molar-refractivity contribution in [2.24, 2.45) is 0 Å². The third kappa shape index (κ3) is 4.88. The van der Waals surface area contributed by atoms with Crippen molar-refractivity contribution in [3.8, 4) is 45.4 Å². The normalized spacial score (nSPS) is 16.0. The summed E-state index contributed by atoms with van der Waals surface area (Å²) in [7, 11) is 0. The zero-order valence-corrected chi connectivity index (χ0v) is 29.0. The standard InChI is InChI=1S/C48H31N5O/c1-2-12-32(13-3-1)46-50-47(52-48(51-46)44-45-38(27-28-49-44)37-17-7-9-20-42(37)54-45)34-15-10-14-33(29-34)30-21-24-35(25-22-30)53-40-19-8-6-18-39(40)43-36-16-5-4-11-31(36)23-26-41(43)53/h1-29,39-40H. The lowest BCUT2D eigenvalue weighted by atomic mass is 9.88. The number of anilines is 2.